The predicted octanol–water partition coefficient (Wildman–Crippen LogP) is 5.31. The Hall–Kier alpha value is -3.46. The minimum Gasteiger partial charge on any atom is -0.466 e. The second kappa shape index (κ2) is 7.42. The Morgan fingerprint density at radius 1 is 1.07 bits per heavy atom. The highest BCUT2D eigenvalue weighted by Crippen LogP contribution is 2.38. The van der Waals surface area contributed by atoms with E-state index in [0.717, 1.165) is 4.70 Å². The number of nitrogens with zero attached hydrogens (tertiary/aromatic N) is 4. The summed E-state index contributed by atoms with van der Waals surface area (Å²) in [5.74, 6) is 0.643. The molecule has 6 nitrogen and oxygen atoms in total. The van der Waals surface area contributed by atoms with Crippen LogP contribution in [0.3, 0.4) is 0 Å². The molecule has 2 aromatic carbocycles. The molecule has 0 fully saturated rings. The van der Waals surface area contributed by atoms with Gasteiger partial charge >= 0.3 is 0 Å². The second-order valence-electron chi connectivity index (χ2n) is 6.50. The molecule has 0 radical (unpaired) electrons. The molecule has 3 heterocycles. The topological polar surface area (TPSA) is 73.9 Å². The van der Waals surface area contributed by atoms with Crippen LogP contribution in [-0.2, 0) is 13.0 Å². The SMILES string of the molecule is CCc1nc(OCc2nc(-c3cccc(F)c3)no2)c2sc3cccc(F)c3c2n1. The van der Waals surface area contributed by atoms with Crippen molar-refractivity contribution in [3.05, 3.63) is 65.8 Å². The first-order chi connectivity index (χ1) is 14.6. The maximum atomic E-state index is 14.4. The van der Waals surface area contributed by atoms with Gasteiger partial charge in [0.1, 0.15) is 22.2 Å². The van der Waals surface area contributed by atoms with E-state index in [1.54, 1.807) is 18.2 Å². The van der Waals surface area contributed by atoms with Crippen LogP contribution in [0.25, 0.3) is 31.7 Å². The molecule has 0 unspecified atom stereocenters. The van der Waals surface area contributed by atoms with Crippen LogP contribution < -0.4 is 4.74 Å². The zero-order valence-electron chi connectivity index (χ0n) is 15.7. The summed E-state index contributed by atoms with van der Waals surface area (Å²) in [5.41, 5.74) is 1.03. The summed E-state index contributed by atoms with van der Waals surface area (Å²) in [6, 6.07) is 10.8. The molecule has 30 heavy (non-hydrogen) atoms. The number of thiophene rings is 1. The molecule has 0 saturated heterocycles. The first-order valence-electron chi connectivity index (χ1n) is 9.21. The highest BCUT2D eigenvalue weighted by atomic mass is 32.1. The van der Waals surface area contributed by atoms with Crippen molar-refractivity contribution < 1.29 is 18.0 Å². The smallest absolute Gasteiger partial charge is 0.264 e. The van der Waals surface area contributed by atoms with Gasteiger partial charge in [-0.15, -0.1) is 11.3 Å². The lowest BCUT2D eigenvalue weighted by atomic mass is 10.2. The molecule has 5 aromatic rings. The van der Waals surface area contributed by atoms with E-state index in [2.05, 4.69) is 20.1 Å². The average Bonchev–Trinajstić information content (AvgIpc) is 3.37. The lowest BCUT2D eigenvalue weighted by Gasteiger charge is -2.05. The number of benzene rings is 2. The highest BCUT2D eigenvalue weighted by Gasteiger charge is 2.18. The Morgan fingerprint density at radius 2 is 1.93 bits per heavy atom. The number of halogens is 2. The van der Waals surface area contributed by atoms with Crippen molar-refractivity contribution in [2.24, 2.45) is 0 Å². The number of aryl methyl sites for hydroxylation is 1. The zero-order chi connectivity index (χ0) is 20.7. The summed E-state index contributed by atoms with van der Waals surface area (Å²) in [4.78, 5) is 13.2. The van der Waals surface area contributed by atoms with Crippen LogP contribution in [-0.4, -0.2) is 20.1 Å². The summed E-state index contributed by atoms with van der Waals surface area (Å²) in [6.45, 7) is 1.88. The lowest BCUT2D eigenvalue weighted by Crippen LogP contribution is -2.01. The van der Waals surface area contributed by atoms with Crippen LogP contribution in [0.2, 0.25) is 0 Å². The Bertz CT molecular complexity index is 1380. The summed E-state index contributed by atoms with van der Waals surface area (Å²) in [5, 5.41) is 4.33. The standard InChI is InChI=1S/C21H14F2N4O2S/c1-2-15-24-18-17-13(23)7-4-8-14(17)30-19(18)21(25-15)28-10-16-26-20(27-29-16)11-5-3-6-12(22)9-11/h3-9H,2,10H2,1H3. The van der Waals surface area contributed by atoms with Crippen LogP contribution in [0, 0.1) is 11.6 Å². The molecule has 0 N–H and O–H groups in total. The third kappa shape index (κ3) is 3.26. The molecule has 0 spiro atoms. The molecular formula is C21H14F2N4O2S. The van der Waals surface area contributed by atoms with Gasteiger partial charge in [-0.05, 0) is 24.3 Å². The Labute approximate surface area is 173 Å². The number of rotatable bonds is 5. The molecule has 3 aromatic heterocycles. The molecule has 0 aliphatic heterocycles. The van der Waals surface area contributed by atoms with E-state index in [9.17, 15) is 8.78 Å². The Kier molecular flexibility index (Phi) is 4.59. The van der Waals surface area contributed by atoms with Crippen LogP contribution in [0.1, 0.15) is 18.6 Å². The van der Waals surface area contributed by atoms with E-state index in [1.807, 2.05) is 13.0 Å². The highest BCUT2D eigenvalue weighted by molar-refractivity contribution is 7.26. The van der Waals surface area contributed by atoms with Crippen molar-refractivity contribution in [3.8, 4) is 17.3 Å². The van der Waals surface area contributed by atoms with E-state index >= 15 is 0 Å². The van der Waals surface area contributed by atoms with Gasteiger partial charge in [-0.3, -0.25) is 0 Å². The fourth-order valence-corrected chi connectivity index (χ4v) is 4.21. The molecule has 0 bridgehead atoms. The van der Waals surface area contributed by atoms with Gasteiger partial charge in [-0.25, -0.2) is 13.8 Å². The number of fused-ring (bicyclic) bond motifs is 3. The summed E-state index contributed by atoms with van der Waals surface area (Å²) in [6.07, 6.45) is 0.572. The average molecular weight is 424 g/mol. The van der Waals surface area contributed by atoms with Gasteiger partial charge in [0, 0.05) is 16.7 Å². The van der Waals surface area contributed by atoms with Crippen molar-refractivity contribution in [1.82, 2.24) is 20.1 Å². The molecule has 0 saturated carbocycles. The van der Waals surface area contributed by atoms with Crippen molar-refractivity contribution >= 4 is 31.6 Å². The Morgan fingerprint density at radius 3 is 2.77 bits per heavy atom. The zero-order valence-corrected chi connectivity index (χ0v) is 16.5. The van der Waals surface area contributed by atoms with Crippen LogP contribution in [0.4, 0.5) is 8.78 Å². The molecule has 5 rings (SSSR count). The van der Waals surface area contributed by atoms with Crippen molar-refractivity contribution in [2.75, 3.05) is 0 Å². The largest absolute Gasteiger partial charge is 0.466 e. The van der Waals surface area contributed by atoms with Crippen molar-refractivity contribution in [1.29, 1.82) is 0 Å². The monoisotopic (exact) mass is 424 g/mol. The van der Waals surface area contributed by atoms with Gasteiger partial charge in [0.2, 0.25) is 11.7 Å². The third-order valence-corrected chi connectivity index (χ3v) is 5.64. The Balaban J connectivity index is 1.48. The predicted molar refractivity (Wildman–Crippen MR) is 108 cm³/mol. The fraction of sp³-hybridized carbons (Fsp3) is 0.143. The minimum atomic E-state index is -0.387. The molecular weight excluding hydrogens is 410 g/mol. The first kappa shape index (κ1) is 18.6. The van der Waals surface area contributed by atoms with Gasteiger partial charge in [0.05, 0.1) is 10.9 Å². The van der Waals surface area contributed by atoms with Gasteiger partial charge in [0.25, 0.3) is 5.89 Å². The number of ether oxygens (including phenoxy) is 1. The normalized spacial score (nSPS) is 11.4. The maximum Gasteiger partial charge on any atom is 0.264 e. The lowest BCUT2D eigenvalue weighted by molar-refractivity contribution is 0.237. The van der Waals surface area contributed by atoms with Crippen LogP contribution in [0.5, 0.6) is 5.88 Å². The molecule has 0 aliphatic carbocycles. The number of hydrogen-bond acceptors (Lipinski definition) is 7. The second-order valence-corrected chi connectivity index (χ2v) is 7.55. The number of aromatic nitrogens is 4. The first-order valence-corrected chi connectivity index (χ1v) is 10.0. The van der Waals surface area contributed by atoms with E-state index < -0.39 is 0 Å². The van der Waals surface area contributed by atoms with Crippen molar-refractivity contribution in [2.45, 2.75) is 20.0 Å². The van der Waals surface area contributed by atoms with E-state index in [1.165, 1.54) is 29.5 Å². The molecule has 9 heteroatoms. The van der Waals surface area contributed by atoms with E-state index in [-0.39, 0.29) is 30.0 Å². The third-order valence-electron chi connectivity index (χ3n) is 4.50. The van der Waals surface area contributed by atoms with Crippen LogP contribution >= 0.6 is 11.3 Å². The number of hydrogen-bond donors (Lipinski definition) is 0. The minimum absolute atomic E-state index is 0.0334. The molecule has 0 atom stereocenters. The van der Waals surface area contributed by atoms with Gasteiger partial charge in [0.15, 0.2) is 6.61 Å². The van der Waals surface area contributed by atoms with Gasteiger partial charge in [-0.2, -0.15) is 9.97 Å². The van der Waals surface area contributed by atoms with E-state index in [0.29, 0.717) is 39.3 Å². The molecule has 0 amide bonds. The van der Waals surface area contributed by atoms with Gasteiger partial charge in [-0.1, -0.05) is 30.3 Å². The van der Waals surface area contributed by atoms with E-state index in [4.69, 9.17) is 9.26 Å². The molecule has 0 aliphatic rings. The van der Waals surface area contributed by atoms with Crippen LogP contribution in [0.15, 0.2) is 47.0 Å². The summed E-state index contributed by atoms with van der Waals surface area (Å²) < 4.78 is 40.3. The maximum absolute atomic E-state index is 14.4. The van der Waals surface area contributed by atoms with Crippen molar-refractivity contribution in [3.63, 3.8) is 0 Å². The quantitative estimate of drug-likeness (QED) is 0.380. The molecule has 150 valence electrons. The summed E-state index contributed by atoms with van der Waals surface area (Å²) in [7, 11) is 0. The summed E-state index contributed by atoms with van der Waals surface area (Å²) >= 11 is 1.36. The fourth-order valence-electron chi connectivity index (χ4n) is 3.11. The van der Waals surface area contributed by atoms with Gasteiger partial charge < -0.3 is 9.26 Å².